The fraction of sp³-hybridized carbons (Fsp3) is 0.545. The first-order chi connectivity index (χ1) is 12.6. The standard InChI is InChI=1S/C11H15BrN2/c1-9-4-6-14(7-5-9)11-3-2-10(12)8-13-11/h2-3,8-9H,4-7H2,1H3/i1D3,2D,3D,4D2,5D2,6D2,7D2,8D,9D. The lowest BCUT2D eigenvalue weighted by molar-refractivity contribution is 0.436. The van der Waals surface area contributed by atoms with Gasteiger partial charge in [-0.3, -0.25) is 0 Å². The molecule has 76 valence electrons. The third-order valence-corrected chi connectivity index (χ3v) is 1.72. The van der Waals surface area contributed by atoms with E-state index in [0.717, 1.165) is 0 Å². The van der Waals surface area contributed by atoms with Crippen molar-refractivity contribution >= 4 is 21.7 Å². The first-order valence-corrected chi connectivity index (χ1v) is 4.35. The van der Waals surface area contributed by atoms with E-state index >= 15 is 0 Å². The molecule has 0 aromatic carbocycles. The molecule has 0 aliphatic carbocycles. The molecule has 1 fully saturated rings. The van der Waals surface area contributed by atoms with Crippen LogP contribution in [0.25, 0.3) is 0 Å². The molecule has 0 N–H and O–H groups in total. The summed E-state index contributed by atoms with van der Waals surface area (Å²) in [7, 11) is 0. The van der Waals surface area contributed by atoms with Crippen molar-refractivity contribution in [2.75, 3.05) is 17.9 Å². The fourth-order valence-corrected chi connectivity index (χ4v) is 0.951. The number of hydrogen-bond donors (Lipinski definition) is 0. The monoisotopic (exact) mass is 269 g/mol. The van der Waals surface area contributed by atoms with Crippen molar-refractivity contribution < 1.29 is 20.6 Å². The second-order valence-electron chi connectivity index (χ2n) is 2.30. The van der Waals surface area contributed by atoms with Gasteiger partial charge in [-0.15, -0.1) is 0 Å². The molecule has 0 spiro atoms. The zero-order chi connectivity index (χ0) is 23.2. The maximum atomic E-state index is 8.17. The molecule has 0 radical (unpaired) electrons. The van der Waals surface area contributed by atoms with Crippen LogP contribution in [0.2, 0.25) is 0 Å². The quantitative estimate of drug-likeness (QED) is 0.779. The molecular formula is C11H15BrN2. The van der Waals surface area contributed by atoms with Crippen LogP contribution in [-0.4, -0.2) is 18.0 Å². The second-order valence-corrected chi connectivity index (χ2v) is 3.09. The van der Waals surface area contributed by atoms with Crippen molar-refractivity contribution in [3.8, 4) is 0 Å². The van der Waals surface area contributed by atoms with Crippen molar-refractivity contribution in [1.82, 2.24) is 4.98 Å². The lowest BCUT2D eigenvalue weighted by Gasteiger charge is -2.31. The van der Waals surface area contributed by atoms with Crippen molar-refractivity contribution in [2.45, 2.75) is 19.6 Å². The van der Waals surface area contributed by atoms with Gasteiger partial charge in [0, 0.05) is 40.1 Å². The first-order valence-electron chi connectivity index (χ1n) is 11.1. The minimum atomic E-state index is -3.90. The molecule has 1 aromatic heterocycles. The molecule has 0 atom stereocenters. The average molecular weight is 270 g/mol. The van der Waals surface area contributed by atoms with Gasteiger partial charge in [-0.05, 0) is 46.7 Å². The number of halogens is 1. The van der Waals surface area contributed by atoms with Crippen LogP contribution in [-0.2, 0) is 0 Å². The lowest BCUT2D eigenvalue weighted by atomic mass is 9.99. The number of pyridine rings is 1. The summed E-state index contributed by atoms with van der Waals surface area (Å²) in [6.45, 7) is -11.2. The van der Waals surface area contributed by atoms with E-state index in [1.54, 1.807) is 0 Å². The predicted molar refractivity (Wildman–Crippen MR) is 62.5 cm³/mol. The molecule has 0 bridgehead atoms. The van der Waals surface area contributed by atoms with E-state index in [1.807, 2.05) is 0 Å². The summed E-state index contributed by atoms with van der Waals surface area (Å²) in [6, 6.07) is -1.66. The summed E-state index contributed by atoms with van der Waals surface area (Å²) in [4.78, 5) is 3.29. The van der Waals surface area contributed by atoms with Crippen molar-refractivity contribution in [3.05, 3.63) is 22.7 Å². The number of anilines is 1. The highest BCUT2D eigenvalue weighted by Crippen LogP contribution is 2.21. The number of rotatable bonds is 1. The van der Waals surface area contributed by atoms with E-state index in [1.165, 1.54) is 0 Å². The van der Waals surface area contributed by atoms with Crippen LogP contribution >= 0.6 is 15.9 Å². The fourth-order valence-electron chi connectivity index (χ4n) is 0.763. The summed E-state index contributed by atoms with van der Waals surface area (Å²) in [5, 5.41) is 0. The topological polar surface area (TPSA) is 16.1 Å². The molecular weight excluding hydrogens is 240 g/mol. The Balaban J connectivity index is 3.00. The van der Waals surface area contributed by atoms with Gasteiger partial charge in [-0.25, -0.2) is 4.98 Å². The smallest absolute Gasteiger partial charge is 0.128 e. The molecule has 0 amide bonds. The van der Waals surface area contributed by atoms with Crippen LogP contribution in [0.5, 0.6) is 0 Å². The zero-order valence-corrected chi connectivity index (χ0v) is 8.36. The highest BCUT2D eigenvalue weighted by atomic mass is 79.9. The maximum Gasteiger partial charge on any atom is 0.128 e. The van der Waals surface area contributed by atoms with Crippen LogP contribution in [0.1, 0.15) is 40.2 Å². The van der Waals surface area contributed by atoms with Crippen LogP contribution in [0.3, 0.4) is 0 Å². The Morgan fingerprint density at radius 3 is 3.21 bits per heavy atom. The average Bonchev–Trinajstić information content (AvgIpc) is 2.53. The largest absolute Gasteiger partial charge is 0.357 e. The van der Waals surface area contributed by atoms with E-state index in [2.05, 4.69) is 20.9 Å². The Bertz CT molecular complexity index is 820. The summed E-state index contributed by atoms with van der Waals surface area (Å²) < 4.78 is 119. The van der Waals surface area contributed by atoms with E-state index in [-0.39, 0.29) is 9.37 Å². The Labute approximate surface area is 115 Å². The first kappa shape index (κ1) is 2.40. The molecule has 1 aliphatic heterocycles. The Morgan fingerprint density at radius 1 is 1.71 bits per heavy atom. The van der Waals surface area contributed by atoms with E-state index < -0.39 is 62.6 Å². The molecule has 0 saturated carbocycles. The van der Waals surface area contributed by atoms with Gasteiger partial charge in [-0.1, -0.05) is 6.85 Å². The third-order valence-electron chi connectivity index (χ3n) is 1.34. The highest BCUT2D eigenvalue weighted by Gasteiger charge is 2.16. The minimum absolute atomic E-state index is 0.219. The van der Waals surface area contributed by atoms with Gasteiger partial charge < -0.3 is 4.90 Å². The molecule has 3 heteroatoms. The Kier molecular flexibility index (Phi) is 0.736. The summed E-state index contributed by atoms with van der Waals surface area (Å²) >= 11 is 2.82. The van der Waals surface area contributed by atoms with Crippen LogP contribution < -0.4 is 4.90 Å². The number of hydrogen-bond acceptors (Lipinski definition) is 2. The highest BCUT2D eigenvalue weighted by molar-refractivity contribution is 9.10. The minimum Gasteiger partial charge on any atom is -0.357 e. The summed E-state index contributed by atoms with van der Waals surface area (Å²) in [5.41, 5.74) is 0. The molecule has 1 aromatic rings. The molecule has 14 heavy (non-hydrogen) atoms. The Hall–Kier alpha value is -0.570. The van der Waals surface area contributed by atoms with Gasteiger partial charge in [0.25, 0.3) is 0 Å². The Morgan fingerprint density at radius 2 is 2.50 bits per heavy atom. The summed E-state index contributed by atoms with van der Waals surface area (Å²) in [5.74, 6) is -4.97. The number of aromatic nitrogens is 1. The SMILES string of the molecule is [2H]c1nc(N2C([2H])([2H])C([2H])([2H])C([2H])(C([2H])([2H])[2H])C([2H])([2H])C2([2H])[2H])c([2H])c([2H])c1Br. The maximum absolute atomic E-state index is 8.17. The van der Waals surface area contributed by atoms with Crippen molar-refractivity contribution in [2.24, 2.45) is 5.89 Å². The lowest BCUT2D eigenvalue weighted by Crippen LogP contribution is -2.33. The zero-order valence-electron chi connectivity index (χ0n) is 21.8. The van der Waals surface area contributed by atoms with E-state index in [0.29, 0.717) is 0 Å². The molecule has 2 heterocycles. The van der Waals surface area contributed by atoms with Gasteiger partial charge in [-0.2, -0.15) is 0 Å². The van der Waals surface area contributed by atoms with Crippen molar-refractivity contribution in [3.63, 3.8) is 0 Å². The third kappa shape index (κ3) is 2.27. The predicted octanol–water partition coefficient (Wildman–Crippen LogP) is 3.08. The molecule has 2 rings (SSSR count). The van der Waals surface area contributed by atoms with Crippen LogP contribution in [0, 0.1) is 5.89 Å². The molecule has 0 unspecified atom stereocenters. The van der Waals surface area contributed by atoms with Gasteiger partial charge >= 0.3 is 0 Å². The molecule has 1 saturated heterocycles. The van der Waals surface area contributed by atoms with Gasteiger partial charge in [0.1, 0.15) is 5.82 Å². The van der Waals surface area contributed by atoms with Crippen LogP contribution in [0.4, 0.5) is 5.82 Å². The van der Waals surface area contributed by atoms with Crippen molar-refractivity contribution in [1.29, 1.82) is 0 Å². The van der Waals surface area contributed by atoms with Gasteiger partial charge in [0.2, 0.25) is 0 Å². The normalized spacial score (nSPS) is 51.8. The second kappa shape index (κ2) is 4.30. The molecule has 2 nitrogen and oxygen atoms in total. The summed E-state index contributed by atoms with van der Waals surface area (Å²) in [6.07, 6.45) is -8.44. The molecule has 1 aliphatic rings. The van der Waals surface area contributed by atoms with Gasteiger partial charge in [0.15, 0.2) is 0 Å². The van der Waals surface area contributed by atoms with E-state index in [9.17, 15) is 0 Å². The van der Waals surface area contributed by atoms with E-state index in [4.69, 9.17) is 20.6 Å². The number of piperidine rings is 1. The van der Waals surface area contributed by atoms with Crippen LogP contribution in [0.15, 0.2) is 22.7 Å². The van der Waals surface area contributed by atoms with Gasteiger partial charge in [0.05, 0.1) is 4.11 Å². The number of nitrogens with zero attached hydrogens (tertiary/aromatic N) is 2.